The van der Waals surface area contributed by atoms with Crippen LogP contribution in [-0.4, -0.2) is 34.4 Å². The van der Waals surface area contributed by atoms with Gasteiger partial charge in [0.05, 0.1) is 6.04 Å². The van der Waals surface area contributed by atoms with E-state index in [1.54, 1.807) is 4.90 Å². The second kappa shape index (κ2) is 6.17. The Hall–Kier alpha value is -2.37. The Kier molecular flexibility index (Phi) is 4.09. The van der Waals surface area contributed by atoms with Crippen LogP contribution in [0.3, 0.4) is 0 Å². The maximum atomic E-state index is 12.4. The van der Waals surface area contributed by atoms with Crippen molar-refractivity contribution in [3.63, 3.8) is 0 Å². The van der Waals surface area contributed by atoms with Crippen molar-refractivity contribution in [3.05, 3.63) is 35.9 Å². The first-order valence-corrected chi connectivity index (χ1v) is 7.56. The van der Waals surface area contributed by atoms with Crippen LogP contribution in [0.1, 0.15) is 43.7 Å². The van der Waals surface area contributed by atoms with Gasteiger partial charge in [-0.2, -0.15) is 0 Å². The average molecular weight is 302 g/mol. The van der Waals surface area contributed by atoms with Crippen molar-refractivity contribution < 1.29 is 19.2 Å². The number of nitrogens with zero attached hydrogens (tertiary/aromatic N) is 2. The van der Waals surface area contributed by atoms with E-state index in [2.05, 4.69) is 0 Å². The summed E-state index contributed by atoms with van der Waals surface area (Å²) in [5.74, 6) is -0.904. The zero-order chi connectivity index (χ0) is 15.5. The van der Waals surface area contributed by atoms with Crippen LogP contribution in [0.4, 0.5) is 4.79 Å². The van der Waals surface area contributed by atoms with Gasteiger partial charge in [-0.05, 0) is 24.8 Å². The van der Waals surface area contributed by atoms with E-state index in [0.29, 0.717) is 11.6 Å². The van der Waals surface area contributed by atoms with Crippen molar-refractivity contribution in [1.29, 1.82) is 0 Å². The number of likely N-dealkylation sites (tertiary alicyclic amines) is 1. The molecule has 2 aliphatic heterocycles. The average Bonchev–Trinajstić information content (AvgIpc) is 2.87. The molecule has 0 aromatic heterocycles. The van der Waals surface area contributed by atoms with E-state index in [1.807, 2.05) is 30.3 Å². The maximum Gasteiger partial charge on any atom is 0.435 e. The van der Waals surface area contributed by atoms with Gasteiger partial charge in [-0.1, -0.05) is 30.3 Å². The lowest BCUT2D eigenvalue weighted by atomic mass is 9.96. The predicted octanol–water partition coefficient (Wildman–Crippen LogP) is 2.41. The lowest BCUT2D eigenvalue weighted by Gasteiger charge is -2.35. The first kappa shape index (κ1) is 14.6. The molecule has 2 saturated heterocycles. The summed E-state index contributed by atoms with van der Waals surface area (Å²) < 4.78 is 0. The van der Waals surface area contributed by atoms with Crippen LogP contribution < -0.4 is 0 Å². The van der Waals surface area contributed by atoms with Crippen LogP contribution in [-0.2, 0) is 14.4 Å². The molecule has 2 heterocycles. The molecule has 22 heavy (non-hydrogen) atoms. The minimum Gasteiger partial charge on any atom is -0.311 e. The number of carbonyl (C=O) groups excluding carboxylic acids is 3. The largest absolute Gasteiger partial charge is 0.435 e. The van der Waals surface area contributed by atoms with Crippen molar-refractivity contribution in [2.45, 2.75) is 38.1 Å². The molecule has 1 aromatic rings. The molecule has 1 atom stereocenters. The van der Waals surface area contributed by atoms with Crippen molar-refractivity contribution in [2.75, 3.05) is 6.54 Å². The highest BCUT2D eigenvalue weighted by molar-refractivity contribution is 6.01. The Morgan fingerprint density at radius 3 is 2.41 bits per heavy atom. The molecule has 0 spiro atoms. The molecule has 2 aliphatic rings. The van der Waals surface area contributed by atoms with Gasteiger partial charge < -0.3 is 4.84 Å². The second-order valence-corrected chi connectivity index (χ2v) is 5.55. The van der Waals surface area contributed by atoms with Crippen LogP contribution in [0.25, 0.3) is 0 Å². The molecule has 6 heteroatoms. The molecule has 0 saturated carbocycles. The molecule has 0 aliphatic carbocycles. The quantitative estimate of drug-likeness (QED) is 0.787. The van der Waals surface area contributed by atoms with Gasteiger partial charge in [-0.15, -0.1) is 5.06 Å². The highest BCUT2D eigenvalue weighted by atomic mass is 16.7. The Balaban J connectivity index is 1.74. The zero-order valence-corrected chi connectivity index (χ0v) is 12.2. The van der Waals surface area contributed by atoms with E-state index in [4.69, 9.17) is 4.84 Å². The summed E-state index contributed by atoms with van der Waals surface area (Å²) >= 11 is 0. The molecule has 1 aromatic carbocycles. The zero-order valence-electron chi connectivity index (χ0n) is 12.2. The summed E-state index contributed by atoms with van der Waals surface area (Å²) in [7, 11) is 0. The standard InChI is InChI=1S/C16H18N2O4/c19-14-9-10-15(20)18(14)22-16(21)17-11-5-4-8-13(17)12-6-2-1-3-7-12/h1-3,6-7,13H,4-5,8-11H2. The molecule has 6 nitrogen and oxygen atoms in total. The number of piperidine rings is 1. The molecule has 1 unspecified atom stereocenters. The molecular formula is C16H18N2O4. The summed E-state index contributed by atoms with van der Waals surface area (Å²) in [5.41, 5.74) is 1.04. The van der Waals surface area contributed by atoms with E-state index in [1.165, 1.54) is 0 Å². The molecule has 0 bridgehead atoms. The van der Waals surface area contributed by atoms with Crippen molar-refractivity contribution in [3.8, 4) is 0 Å². The van der Waals surface area contributed by atoms with Crippen molar-refractivity contribution >= 4 is 17.9 Å². The van der Waals surface area contributed by atoms with Gasteiger partial charge >= 0.3 is 6.09 Å². The summed E-state index contributed by atoms with van der Waals surface area (Å²) in [4.78, 5) is 42.2. The van der Waals surface area contributed by atoms with Crippen molar-refractivity contribution in [2.24, 2.45) is 0 Å². The third-order valence-electron chi connectivity index (χ3n) is 4.10. The van der Waals surface area contributed by atoms with E-state index in [-0.39, 0.29) is 18.9 Å². The topological polar surface area (TPSA) is 66.9 Å². The summed E-state index contributed by atoms with van der Waals surface area (Å²) in [6.45, 7) is 0.564. The van der Waals surface area contributed by atoms with Crippen LogP contribution >= 0.6 is 0 Å². The number of hydroxylamine groups is 2. The fourth-order valence-corrected chi connectivity index (χ4v) is 2.96. The lowest BCUT2D eigenvalue weighted by Crippen LogP contribution is -2.43. The Labute approximate surface area is 128 Å². The Bertz CT molecular complexity index is 571. The molecule has 3 rings (SSSR count). The van der Waals surface area contributed by atoms with E-state index in [0.717, 1.165) is 24.8 Å². The van der Waals surface area contributed by atoms with Gasteiger partial charge in [0.25, 0.3) is 11.8 Å². The molecule has 0 N–H and O–H groups in total. The fraction of sp³-hybridized carbons (Fsp3) is 0.438. The minimum atomic E-state index is -0.628. The summed E-state index contributed by atoms with van der Waals surface area (Å²) in [6.07, 6.45) is 2.35. The summed E-state index contributed by atoms with van der Waals surface area (Å²) in [6, 6.07) is 9.67. The van der Waals surface area contributed by atoms with E-state index < -0.39 is 17.9 Å². The number of carbonyl (C=O) groups is 3. The van der Waals surface area contributed by atoms with Crippen molar-refractivity contribution in [1.82, 2.24) is 9.96 Å². The van der Waals surface area contributed by atoms with E-state index >= 15 is 0 Å². The molecule has 3 amide bonds. The van der Waals surface area contributed by atoms with Gasteiger partial charge in [0, 0.05) is 19.4 Å². The molecule has 116 valence electrons. The van der Waals surface area contributed by atoms with Crippen LogP contribution in [0.5, 0.6) is 0 Å². The number of imide groups is 1. The normalized spacial score (nSPS) is 22.1. The van der Waals surface area contributed by atoms with E-state index in [9.17, 15) is 14.4 Å². The maximum absolute atomic E-state index is 12.4. The summed E-state index contributed by atoms with van der Waals surface area (Å²) in [5, 5.41) is 0.610. The third-order valence-corrected chi connectivity index (χ3v) is 4.10. The highest BCUT2D eigenvalue weighted by Gasteiger charge is 2.36. The highest BCUT2D eigenvalue weighted by Crippen LogP contribution is 2.31. The Morgan fingerprint density at radius 2 is 1.73 bits per heavy atom. The number of benzene rings is 1. The number of rotatable bonds is 2. The first-order chi connectivity index (χ1) is 10.7. The van der Waals surface area contributed by atoms with Gasteiger partial charge in [0.2, 0.25) is 0 Å². The Morgan fingerprint density at radius 1 is 1.05 bits per heavy atom. The molecule has 2 fully saturated rings. The second-order valence-electron chi connectivity index (χ2n) is 5.55. The van der Waals surface area contributed by atoms with Crippen LogP contribution in [0.15, 0.2) is 30.3 Å². The first-order valence-electron chi connectivity index (χ1n) is 7.56. The number of amides is 3. The van der Waals surface area contributed by atoms with Crippen LogP contribution in [0, 0.1) is 0 Å². The smallest absolute Gasteiger partial charge is 0.311 e. The number of hydrogen-bond donors (Lipinski definition) is 0. The van der Waals surface area contributed by atoms with Gasteiger partial charge in [0.15, 0.2) is 0 Å². The SMILES string of the molecule is O=C1CCC(=O)N1OC(=O)N1CCCCC1c1ccccc1. The van der Waals surface area contributed by atoms with Gasteiger partial charge in [0.1, 0.15) is 0 Å². The predicted molar refractivity (Wildman–Crippen MR) is 77.3 cm³/mol. The van der Waals surface area contributed by atoms with Gasteiger partial charge in [-0.25, -0.2) is 4.79 Å². The monoisotopic (exact) mass is 302 g/mol. The minimum absolute atomic E-state index is 0.0738. The third kappa shape index (κ3) is 2.81. The molecular weight excluding hydrogens is 284 g/mol. The fourth-order valence-electron chi connectivity index (χ4n) is 2.96. The van der Waals surface area contributed by atoms with Crippen LogP contribution in [0.2, 0.25) is 0 Å². The molecule has 0 radical (unpaired) electrons. The lowest BCUT2D eigenvalue weighted by molar-refractivity contribution is -0.174. The van der Waals surface area contributed by atoms with Gasteiger partial charge in [-0.3, -0.25) is 14.5 Å². The number of hydrogen-bond acceptors (Lipinski definition) is 4.